The van der Waals surface area contributed by atoms with Crippen LogP contribution in [0.15, 0.2) is 41.7 Å². The topological polar surface area (TPSA) is 86.1 Å². The number of likely N-dealkylation sites (tertiary alicyclic amines) is 1. The maximum Gasteiger partial charge on any atom is 0.246 e. The van der Waals surface area contributed by atoms with E-state index in [9.17, 15) is 9.59 Å². The van der Waals surface area contributed by atoms with Crippen molar-refractivity contribution in [2.24, 2.45) is 12.0 Å². The molecule has 0 bridgehead atoms. The van der Waals surface area contributed by atoms with Crippen LogP contribution < -0.4 is 10.2 Å². The molecule has 2 aliphatic heterocycles. The number of aliphatic imine (C=N–C) groups is 1. The third-order valence-electron chi connectivity index (χ3n) is 5.75. The smallest absolute Gasteiger partial charge is 0.246 e. The normalized spacial score (nSPS) is 17.6. The van der Waals surface area contributed by atoms with Crippen LogP contribution in [0.25, 0.3) is 0 Å². The van der Waals surface area contributed by atoms with Crippen LogP contribution >= 0.6 is 0 Å². The summed E-state index contributed by atoms with van der Waals surface area (Å²) in [6.07, 6.45) is 5.19. The molecule has 2 amide bonds. The number of rotatable bonds is 5. The predicted octanol–water partition coefficient (Wildman–Crippen LogP) is 0.967. The number of anilines is 1. The molecule has 3 heterocycles. The summed E-state index contributed by atoms with van der Waals surface area (Å²) in [6, 6.07) is 8.28. The number of aromatic nitrogens is 2. The van der Waals surface area contributed by atoms with E-state index in [1.807, 2.05) is 23.0 Å². The van der Waals surface area contributed by atoms with Crippen molar-refractivity contribution in [2.45, 2.75) is 25.9 Å². The molecular formula is C22H29N7O2. The highest BCUT2D eigenvalue weighted by Gasteiger charge is 2.27. The average Bonchev–Trinajstić information content (AvgIpc) is 3.38. The summed E-state index contributed by atoms with van der Waals surface area (Å²) in [6.45, 7) is 3.71. The van der Waals surface area contributed by atoms with Gasteiger partial charge in [-0.25, -0.2) is 0 Å². The van der Waals surface area contributed by atoms with E-state index in [1.54, 1.807) is 22.8 Å². The van der Waals surface area contributed by atoms with E-state index >= 15 is 0 Å². The van der Waals surface area contributed by atoms with Crippen molar-refractivity contribution >= 4 is 23.5 Å². The first-order chi connectivity index (χ1) is 15.0. The van der Waals surface area contributed by atoms with E-state index in [2.05, 4.69) is 39.7 Å². The lowest BCUT2D eigenvalue weighted by molar-refractivity contribution is -0.128. The maximum absolute atomic E-state index is 12.6. The Kier molecular flexibility index (Phi) is 6.20. The lowest BCUT2D eigenvalue weighted by Crippen LogP contribution is -2.55. The molecular weight excluding hydrogens is 394 g/mol. The molecule has 0 unspecified atom stereocenters. The zero-order valence-corrected chi connectivity index (χ0v) is 18.1. The van der Waals surface area contributed by atoms with Crippen molar-refractivity contribution in [1.29, 1.82) is 0 Å². The molecule has 0 spiro atoms. The van der Waals surface area contributed by atoms with Gasteiger partial charge in [0.15, 0.2) is 5.96 Å². The number of hydrogen-bond acceptors (Lipinski definition) is 4. The Hall–Kier alpha value is -3.36. The minimum atomic E-state index is 0.0306. The summed E-state index contributed by atoms with van der Waals surface area (Å²) >= 11 is 0. The van der Waals surface area contributed by atoms with Crippen LogP contribution in [-0.4, -0.2) is 70.6 Å². The van der Waals surface area contributed by atoms with Gasteiger partial charge in [-0.15, -0.1) is 0 Å². The standard InChI is InChI=1S/C22H29N7O2/c1-23-22(28-10-11-29(21(31)16-28)19-13-25-26(2)15-19)24-12-17-5-7-18(8-6-17)14-27-9-3-4-20(27)30/h5-8,13,15H,3-4,9-12,14,16H2,1-2H3,(H,23,24). The summed E-state index contributed by atoms with van der Waals surface area (Å²) in [5, 5.41) is 7.51. The number of aryl methyl sites for hydroxylation is 1. The van der Waals surface area contributed by atoms with Gasteiger partial charge in [0.1, 0.15) is 6.54 Å². The maximum atomic E-state index is 12.6. The van der Waals surface area contributed by atoms with Gasteiger partial charge in [-0.3, -0.25) is 19.3 Å². The van der Waals surface area contributed by atoms with Crippen LogP contribution in [-0.2, 0) is 29.7 Å². The van der Waals surface area contributed by atoms with Crippen LogP contribution in [0.2, 0.25) is 0 Å². The molecule has 0 saturated carbocycles. The van der Waals surface area contributed by atoms with Gasteiger partial charge in [-0.2, -0.15) is 5.10 Å². The quantitative estimate of drug-likeness (QED) is 0.572. The number of carbonyl (C=O) groups is 2. The third-order valence-corrected chi connectivity index (χ3v) is 5.75. The fourth-order valence-electron chi connectivity index (χ4n) is 4.04. The molecule has 0 radical (unpaired) electrons. The number of guanidine groups is 1. The van der Waals surface area contributed by atoms with Crippen molar-refractivity contribution in [3.05, 3.63) is 47.8 Å². The summed E-state index contributed by atoms with van der Waals surface area (Å²) in [5.41, 5.74) is 3.09. The van der Waals surface area contributed by atoms with E-state index in [1.165, 1.54) is 0 Å². The summed E-state index contributed by atoms with van der Waals surface area (Å²) in [4.78, 5) is 34.5. The third kappa shape index (κ3) is 4.87. The summed E-state index contributed by atoms with van der Waals surface area (Å²) < 4.78 is 1.70. The first-order valence-corrected chi connectivity index (χ1v) is 10.6. The number of nitrogens with one attached hydrogen (secondary N) is 1. The Bertz CT molecular complexity index is 966. The molecule has 2 aromatic rings. The van der Waals surface area contributed by atoms with Crippen molar-refractivity contribution < 1.29 is 9.59 Å². The Balaban J connectivity index is 1.29. The first-order valence-electron chi connectivity index (χ1n) is 10.6. The lowest BCUT2D eigenvalue weighted by Gasteiger charge is -2.35. The largest absolute Gasteiger partial charge is 0.352 e. The van der Waals surface area contributed by atoms with Crippen molar-refractivity contribution in [3.63, 3.8) is 0 Å². The van der Waals surface area contributed by atoms with E-state index in [0.717, 1.165) is 29.8 Å². The number of benzene rings is 1. The average molecular weight is 424 g/mol. The van der Waals surface area contributed by atoms with Gasteiger partial charge < -0.3 is 20.0 Å². The summed E-state index contributed by atoms with van der Waals surface area (Å²) in [5.74, 6) is 0.988. The Labute approximate surface area is 182 Å². The van der Waals surface area contributed by atoms with Crippen molar-refractivity contribution in [2.75, 3.05) is 38.1 Å². The number of nitrogens with zero attached hydrogens (tertiary/aromatic N) is 6. The molecule has 1 N–H and O–H groups in total. The Morgan fingerprint density at radius 1 is 1.10 bits per heavy atom. The second kappa shape index (κ2) is 9.20. The number of carbonyl (C=O) groups excluding carboxylic acids is 2. The van der Waals surface area contributed by atoms with Crippen LogP contribution in [0, 0.1) is 0 Å². The van der Waals surface area contributed by atoms with Gasteiger partial charge in [0.05, 0.1) is 11.9 Å². The fraction of sp³-hybridized carbons (Fsp3) is 0.455. The van der Waals surface area contributed by atoms with E-state index in [4.69, 9.17) is 0 Å². The van der Waals surface area contributed by atoms with Gasteiger partial charge in [0.2, 0.25) is 11.8 Å². The Morgan fingerprint density at radius 2 is 1.87 bits per heavy atom. The molecule has 164 valence electrons. The second-order valence-corrected chi connectivity index (χ2v) is 7.98. The highest BCUT2D eigenvalue weighted by Crippen LogP contribution is 2.17. The molecule has 9 heteroatoms. The summed E-state index contributed by atoms with van der Waals surface area (Å²) in [7, 11) is 3.57. The van der Waals surface area contributed by atoms with E-state index < -0.39 is 0 Å². The van der Waals surface area contributed by atoms with E-state index in [0.29, 0.717) is 38.6 Å². The fourth-order valence-corrected chi connectivity index (χ4v) is 4.04. The highest BCUT2D eigenvalue weighted by molar-refractivity contribution is 5.98. The van der Waals surface area contributed by atoms with Gasteiger partial charge in [0.25, 0.3) is 0 Å². The first kappa shape index (κ1) is 20.9. The SMILES string of the molecule is CN=C(NCc1ccc(CN2CCCC2=O)cc1)N1CCN(c2cnn(C)c2)C(=O)C1. The van der Waals surface area contributed by atoms with Gasteiger partial charge in [-0.1, -0.05) is 24.3 Å². The molecule has 0 atom stereocenters. The predicted molar refractivity (Wildman–Crippen MR) is 118 cm³/mol. The molecule has 0 aliphatic carbocycles. The molecule has 9 nitrogen and oxygen atoms in total. The van der Waals surface area contributed by atoms with Crippen molar-refractivity contribution in [3.8, 4) is 0 Å². The van der Waals surface area contributed by atoms with Crippen LogP contribution in [0.5, 0.6) is 0 Å². The lowest BCUT2D eigenvalue weighted by atomic mass is 10.1. The highest BCUT2D eigenvalue weighted by atomic mass is 16.2. The minimum absolute atomic E-state index is 0.0306. The minimum Gasteiger partial charge on any atom is -0.352 e. The van der Waals surface area contributed by atoms with Crippen LogP contribution in [0.1, 0.15) is 24.0 Å². The number of piperazine rings is 1. The number of hydrogen-bond donors (Lipinski definition) is 1. The zero-order valence-electron chi connectivity index (χ0n) is 18.1. The second-order valence-electron chi connectivity index (χ2n) is 7.98. The van der Waals surface area contributed by atoms with Crippen molar-refractivity contribution in [1.82, 2.24) is 24.9 Å². The molecule has 1 aromatic carbocycles. The molecule has 2 aliphatic rings. The van der Waals surface area contributed by atoms with Gasteiger partial charge in [-0.05, 0) is 17.5 Å². The monoisotopic (exact) mass is 423 g/mol. The van der Waals surface area contributed by atoms with Crippen LogP contribution in [0.3, 0.4) is 0 Å². The molecule has 2 saturated heterocycles. The molecule has 2 fully saturated rings. The molecule has 4 rings (SSSR count). The Morgan fingerprint density at radius 3 is 2.48 bits per heavy atom. The number of amides is 2. The van der Waals surface area contributed by atoms with Gasteiger partial charge >= 0.3 is 0 Å². The molecule has 1 aromatic heterocycles. The molecule has 31 heavy (non-hydrogen) atoms. The zero-order chi connectivity index (χ0) is 21.8. The van der Waals surface area contributed by atoms with E-state index in [-0.39, 0.29) is 18.4 Å². The van der Waals surface area contributed by atoms with Crippen LogP contribution in [0.4, 0.5) is 5.69 Å². The van der Waals surface area contributed by atoms with Gasteiger partial charge in [0, 0.05) is 59.4 Å².